The summed E-state index contributed by atoms with van der Waals surface area (Å²) >= 11 is 0. The molecule has 1 aliphatic rings. The molecule has 1 unspecified atom stereocenters. The minimum atomic E-state index is -0.598. The Morgan fingerprint density at radius 3 is 2.75 bits per heavy atom. The highest BCUT2D eigenvalue weighted by atomic mass is 16.5. The van der Waals surface area contributed by atoms with Gasteiger partial charge in [-0.25, -0.2) is 0 Å². The number of nitrogens with zero attached hydrogens (tertiary/aromatic N) is 2. The Hall–Kier alpha value is -2.35. The molecule has 0 spiro atoms. The van der Waals surface area contributed by atoms with Crippen molar-refractivity contribution in [3.63, 3.8) is 0 Å². The standard InChI is InChI=1S/C15H16N2O3/c1-9(2)14-15(19)17(7-6-16)12-8-11(10(3)18)4-5-13(12)20-14/h4-5,8-9,14H,7H2,1-3H3. The van der Waals surface area contributed by atoms with Crippen molar-refractivity contribution in [1.29, 1.82) is 5.26 Å². The number of hydrogen-bond donors (Lipinski definition) is 0. The average molecular weight is 272 g/mol. The second-order valence-corrected chi connectivity index (χ2v) is 5.10. The van der Waals surface area contributed by atoms with Gasteiger partial charge in [-0.2, -0.15) is 5.26 Å². The molecule has 1 heterocycles. The number of nitriles is 1. The summed E-state index contributed by atoms with van der Waals surface area (Å²) in [5, 5.41) is 8.91. The molecular weight excluding hydrogens is 256 g/mol. The molecule has 0 fully saturated rings. The Labute approximate surface area is 117 Å². The number of Topliss-reactive ketones (excluding diaryl/α,β-unsaturated/α-hetero) is 1. The van der Waals surface area contributed by atoms with Gasteiger partial charge in [0.1, 0.15) is 12.3 Å². The predicted molar refractivity (Wildman–Crippen MR) is 73.7 cm³/mol. The van der Waals surface area contributed by atoms with Gasteiger partial charge in [0.15, 0.2) is 11.9 Å². The highest BCUT2D eigenvalue weighted by molar-refractivity contribution is 6.03. The SMILES string of the molecule is CC(=O)c1ccc2c(c1)N(CC#N)C(=O)C(C(C)C)O2. The van der Waals surface area contributed by atoms with Crippen LogP contribution in [0, 0.1) is 17.2 Å². The third-order valence-corrected chi connectivity index (χ3v) is 3.25. The maximum absolute atomic E-state index is 12.4. The number of ether oxygens (including phenoxy) is 1. The van der Waals surface area contributed by atoms with Crippen molar-refractivity contribution in [3.8, 4) is 11.8 Å². The fourth-order valence-corrected chi connectivity index (χ4v) is 2.16. The first-order valence-electron chi connectivity index (χ1n) is 6.45. The molecule has 1 aromatic carbocycles. The van der Waals surface area contributed by atoms with E-state index in [2.05, 4.69) is 0 Å². The number of rotatable bonds is 3. The minimum absolute atomic E-state index is 0.00401. The molecule has 1 aromatic rings. The summed E-state index contributed by atoms with van der Waals surface area (Å²) < 4.78 is 5.71. The van der Waals surface area contributed by atoms with E-state index in [1.807, 2.05) is 19.9 Å². The summed E-state index contributed by atoms with van der Waals surface area (Å²) in [5.41, 5.74) is 0.979. The van der Waals surface area contributed by atoms with Crippen molar-refractivity contribution in [2.45, 2.75) is 26.9 Å². The van der Waals surface area contributed by atoms with Gasteiger partial charge in [-0.1, -0.05) is 13.8 Å². The lowest BCUT2D eigenvalue weighted by Crippen LogP contribution is -2.48. The summed E-state index contributed by atoms with van der Waals surface area (Å²) in [4.78, 5) is 25.2. The molecule has 1 amide bonds. The lowest BCUT2D eigenvalue weighted by Gasteiger charge is -2.34. The first-order valence-corrected chi connectivity index (χ1v) is 6.45. The van der Waals surface area contributed by atoms with Crippen molar-refractivity contribution >= 4 is 17.4 Å². The van der Waals surface area contributed by atoms with Crippen LogP contribution < -0.4 is 9.64 Å². The summed E-state index contributed by atoms with van der Waals surface area (Å²) in [5.74, 6) is 0.200. The number of carbonyl (C=O) groups excluding carboxylic acids is 2. The molecule has 5 heteroatoms. The Kier molecular flexibility index (Phi) is 3.75. The molecule has 5 nitrogen and oxygen atoms in total. The first-order chi connectivity index (χ1) is 9.45. The van der Waals surface area contributed by atoms with Gasteiger partial charge >= 0.3 is 0 Å². The van der Waals surface area contributed by atoms with Crippen LogP contribution in [0.4, 0.5) is 5.69 Å². The topological polar surface area (TPSA) is 70.4 Å². The normalized spacial score (nSPS) is 17.4. The van der Waals surface area contributed by atoms with Crippen LogP contribution >= 0.6 is 0 Å². The third kappa shape index (κ3) is 2.37. The van der Waals surface area contributed by atoms with E-state index in [0.717, 1.165) is 0 Å². The van der Waals surface area contributed by atoms with Crippen LogP contribution in [0.3, 0.4) is 0 Å². The quantitative estimate of drug-likeness (QED) is 0.624. The van der Waals surface area contributed by atoms with Crippen molar-refractivity contribution in [2.24, 2.45) is 5.92 Å². The molecule has 0 bridgehead atoms. The molecule has 0 aromatic heterocycles. The van der Waals surface area contributed by atoms with Crippen LogP contribution in [0.2, 0.25) is 0 Å². The lowest BCUT2D eigenvalue weighted by molar-refractivity contribution is -0.128. The smallest absolute Gasteiger partial charge is 0.269 e. The van der Waals surface area contributed by atoms with E-state index < -0.39 is 6.10 Å². The maximum atomic E-state index is 12.4. The van der Waals surface area contributed by atoms with Gasteiger partial charge in [0, 0.05) is 5.56 Å². The maximum Gasteiger partial charge on any atom is 0.269 e. The van der Waals surface area contributed by atoms with E-state index >= 15 is 0 Å². The van der Waals surface area contributed by atoms with Crippen molar-refractivity contribution in [1.82, 2.24) is 0 Å². The zero-order chi connectivity index (χ0) is 14.9. The molecule has 0 saturated carbocycles. The Bertz CT molecular complexity index is 602. The number of ketones is 1. The fourth-order valence-electron chi connectivity index (χ4n) is 2.16. The largest absolute Gasteiger partial charge is 0.478 e. The monoisotopic (exact) mass is 272 g/mol. The van der Waals surface area contributed by atoms with E-state index in [1.165, 1.54) is 11.8 Å². The van der Waals surface area contributed by atoms with Gasteiger partial charge in [0.05, 0.1) is 11.8 Å². The second-order valence-electron chi connectivity index (χ2n) is 5.10. The molecule has 0 radical (unpaired) electrons. The molecule has 104 valence electrons. The van der Waals surface area contributed by atoms with E-state index in [0.29, 0.717) is 17.0 Å². The van der Waals surface area contributed by atoms with Crippen LogP contribution in [0.15, 0.2) is 18.2 Å². The predicted octanol–water partition coefficient (Wildman–Crippen LogP) is 2.16. The molecule has 0 N–H and O–H groups in total. The zero-order valence-corrected chi connectivity index (χ0v) is 11.7. The Balaban J connectivity index is 2.51. The summed E-state index contributed by atoms with van der Waals surface area (Å²) in [6.45, 7) is 5.18. The third-order valence-electron chi connectivity index (χ3n) is 3.25. The minimum Gasteiger partial charge on any atom is -0.478 e. The van der Waals surface area contributed by atoms with Gasteiger partial charge in [-0.3, -0.25) is 14.5 Å². The molecule has 0 aliphatic carbocycles. The Morgan fingerprint density at radius 1 is 1.50 bits per heavy atom. The van der Waals surface area contributed by atoms with Gasteiger partial charge < -0.3 is 4.74 Å². The zero-order valence-electron chi connectivity index (χ0n) is 11.7. The van der Waals surface area contributed by atoms with Crippen LogP contribution in [0.25, 0.3) is 0 Å². The summed E-state index contributed by atoms with van der Waals surface area (Å²) in [6.07, 6.45) is -0.598. The summed E-state index contributed by atoms with van der Waals surface area (Å²) in [6, 6.07) is 6.93. The number of carbonyl (C=O) groups is 2. The highest BCUT2D eigenvalue weighted by Crippen LogP contribution is 2.36. The number of hydrogen-bond acceptors (Lipinski definition) is 4. The van der Waals surface area contributed by atoms with Gasteiger partial charge in [-0.15, -0.1) is 0 Å². The fraction of sp³-hybridized carbons (Fsp3) is 0.400. The van der Waals surface area contributed by atoms with Crippen molar-refractivity contribution < 1.29 is 14.3 Å². The van der Waals surface area contributed by atoms with Crippen molar-refractivity contribution in [2.75, 3.05) is 11.4 Å². The van der Waals surface area contributed by atoms with Gasteiger partial charge in [-0.05, 0) is 31.0 Å². The second kappa shape index (κ2) is 5.33. The molecule has 1 atom stereocenters. The number of benzene rings is 1. The molecular formula is C15H16N2O3. The molecule has 2 rings (SSSR count). The van der Waals surface area contributed by atoms with Gasteiger partial charge in [0.2, 0.25) is 0 Å². The lowest BCUT2D eigenvalue weighted by atomic mass is 10.0. The number of amides is 1. The van der Waals surface area contributed by atoms with Crippen LogP contribution in [0.5, 0.6) is 5.75 Å². The first kappa shape index (κ1) is 14.1. The summed E-state index contributed by atoms with van der Waals surface area (Å²) in [7, 11) is 0. The van der Waals surface area contributed by atoms with Crippen LogP contribution in [0.1, 0.15) is 31.1 Å². The molecule has 20 heavy (non-hydrogen) atoms. The highest BCUT2D eigenvalue weighted by Gasteiger charge is 2.36. The molecule has 1 aliphatic heterocycles. The van der Waals surface area contributed by atoms with E-state index in [9.17, 15) is 9.59 Å². The van der Waals surface area contributed by atoms with E-state index in [-0.39, 0.29) is 24.2 Å². The average Bonchev–Trinajstić information content (AvgIpc) is 2.40. The van der Waals surface area contributed by atoms with Crippen LogP contribution in [-0.2, 0) is 4.79 Å². The van der Waals surface area contributed by atoms with Crippen molar-refractivity contribution in [3.05, 3.63) is 23.8 Å². The van der Waals surface area contributed by atoms with Gasteiger partial charge in [0.25, 0.3) is 5.91 Å². The van der Waals surface area contributed by atoms with E-state index in [1.54, 1.807) is 18.2 Å². The van der Waals surface area contributed by atoms with E-state index in [4.69, 9.17) is 10.00 Å². The Morgan fingerprint density at radius 2 is 2.20 bits per heavy atom. The number of fused-ring (bicyclic) bond motifs is 1. The van der Waals surface area contributed by atoms with Crippen LogP contribution in [-0.4, -0.2) is 24.3 Å². The number of anilines is 1. The molecule has 0 saturated heterocycles.